The first-order chi connectivity index (χ1) is 14.1. The first-order valence-electron chi connectivity index (χ1n) is 10.3. The molecule has 0 radical (unpaired) electrons. The Morgan fingerprint density at radius 2 is 1.52 bits per heavy atom. The lowest BCUT2D eigenvalue weighted by Crippen LogP contribution is -2.33. The van der Waals surface area contributed by atoms with E-state index in [1.165, 1.54) is 11.4 Å². The zero-order chi connectivity index (χ0) is 21.4. The predicted molar refractivity (Wildman–Crippen MR) is 115 cm³/mol. The van der Waals surface area contributed by atoms with Gasteiger partial charge in [0.1, 0.15) is 11.4 Å². The third-order valence-corrected chi connectivity index (χ3v) is 5.05. The number of carbonyl (C=O) groups excluding carboxylic acids is 2. The Morgan fingerprint density at radius 1 is 0.931 bits per heavy atom. The number of carbonyl (C=O) groups is 2. The molecule has 0 bridgehead atoms. The van der Waals surface area contributed by atoms with Gasteiger partial charge in [-0.1, -0.05) is 13.8 Å². The van der Waals surface area contributed by atoms with Gasteiger partial charge in [0, 0.05) is 64.2 Å². The van der Waals surface area contributed by atoms with Gasteiger partial charge < -0.3 is 30.4 Å². The van der Waals surface area contributed by atoms with Crippen molar-refractivity contribution in [1.29, 1.82) is 0 Å². The summed E-state index contributed by atoms with van der Waals surface area (Å²) >= 11 is 0. The molecule has 0 aliphatic carbocycles. The van der Waals surface area contributed by atoms with Crippen LogP contribution in [0.2, 0.25) is 0 Å². The van der Waals surface area contributed by atoms with Gasteiger partial charge in [-0.3, -0.25) is 9.59 Å². The molecule has 160 valence electrons. The van der Waals surface area contributed by atoms with E-state index in [1.54, 1.807) is 14.1 Å². The topological polar surface area (TPSA) is 92.1 Å². The first kappa shape index (κ1) is 22.7. The molecule has 29 heavy (non-hydrogen) atoms. The normalized spacial score (nSPS) is 16.8. The van der Waals surface area contributed by atoms with Crippen LogP contribution < -0.4 is 21.3 Å². The van der Waals surface area contributed by atoms with E-state index in [9.17, 15) is 9.59 Å². The summed E-state index contributed by atoms with van der Waals surface area (Å²) in [7, 11) is 3.32. The van der Waals surface area contributed by atoms with Crippen molar-refractivity contribution in [1.82, 2.24) is 30.4 Å². The van der Waals surface area contributed by atoms with Gasteiger partial charge >= 0.3 is 0 Å². The van der Waals surface area contributed by atoms with Gasteiger partial charge in [-0.15, -0.1) is 0 Å². The maximum absolute atomic E-state index is 11.5. The fourth-order valence-corrected chi connectivity index (χ4v) is 3.60. The fourth-order valence-electron chi connectivity index (χ4n) is 3.60. The van der Waals surface area contributed by atoms with Crippen molar-refractivity contribution in [3.8, 4) is 0 Å². The molecule has 2 amide bonds. The van der Waals surface area contributed by atoms with E-state index in [4.69, 9.17) is 0 Å². The number of amides is 2. The monoisotopic (exact) mass is 402 g/mol. The molecule has 2 aliphatic rings. The van der Waals surface area contributed by atoms with E-state index < -0.39 is 0 Å². The number of hydrogen-bond donors (Lipinski definition) is 4. The molecule has 1 atom stereocenters. The van der Waals surface area contributed by atoms with E-state index in [-0.39, 0.29) is 11.8 Å². The quantitative estimate of drug-likeness (QED) is 0.612. The van der Waals surface area contributed by atoms with E-state index in [0.717, 1.165) is 44.1 Å². The van der Waals surface area contributed by atoms with Gasteiger partial charge in [0.25, 0.3) is 11.8 Å². The number of nitrogens with zero attached hydrogens (tertiary/aromatic N) is 2. The molecule has 2 aliphatic heterocycles. The highest BCUT2D eigenvalue weighted by Gasteiger charge is 2.20. The van der Waals surface area contributed by atoms with Crippen LogP contribution in [0, 0.1) is 0 Å². The molecule has 0 saturated heterocycles. The third-order valence-electron chi connectivity index (χ3n) is 5.05. The van der Waals surface area contributed by atoms with Gasteiger partial charge in [-0.05, 0) is 31.2 Å². The number of fused-ring (bicyclic) bond motifs is 2. The zero-order valence-electron chi connectivity index (χ0n) is 18.1. The number of hydrogen-bond acceptors (Lipinski definition) is 4. The standard InChI is InChI=1S/C10H15N3O.C9H13N3O.C2H6/c1-7-8-3-4-9(10(14)11-2)13(8)6-5-12-7;1-10-9(13)8-3-2-7-6-11-4-5-12(7)8;1-2/h3-4,7,12H,5-6H2,1-2H3,(H,11,14);2-3,11H,4-6H2,1H3,(H,10,13);1-2H3. The number of aromatic nitrogens is 2. The van der Waals surface area contributed by atoms with E-state index in [2.05, 4.69) is 37.3 Å². The molecule has 4 N–H and O–H groups in total. The Labute approximate surface area is 173 Å². The lowest BCUT2D eigenvalue weighted by atomic mass is 10.2. The molecule has 8 heteroatoms. The summed E-state index contributed by atoms with van der Waals surface area (Å²) in [5.41, 5.74) is 3.90. The van der Waals surface area contributed by atoms with Crippen molar-refractivity contribution in [2.45, 2.75) is 46.4 Å². The summed E-state index contributed by atoms with van der Waals surface area (Å²) < 4.78 is 4.15. The van der Waals surface area contributed by atoms with Crippen molar-refractivity contribution in [3.63, 3.8) is 0 Å². The van der Waals surface area contributed by atoms with Crippen LogP contribution in [0.4, 0.5) is 0 Å². The van der Waals surface area contributed by atoms with Gasteiger partial charge in [0.2, 0.25) is 0 Å². The highest BCUT2D eigenvalue weighted by atomic mass is 16.2. The lowest BCUT2D eigenvalue weighted by molar-refractivity contribution is 0.0944. The van der Waals surface area contributed by atoms with E-state index >= 15 is 0 Å². The number of nitrogens with one attached hydrogen (secondary N) is 4. The van der Waals surface area contributed by atoms with Crippen LogP contribution in [-0.4, -0.2) is 48.1 Å². The highest BCUT2D eigenvalue weighted by Crippen LogP contribution is 2.20. The van der Waals surface area contributed by atoms with E-state index in [1.807, 2.05) is 38.1 Å². The molecule has 4 rings (SSSR count). The Hall–Kier alpha value is -2.58. The molecule has 8 nitrogen and oxygen atoms in total. The Morgan fingerprint density at radius 3 is 2.17 bits per heavy atom. The molecule has 0 fully saturated rings. The van der Waals surface area contributed by atoms with Crippen molar-refractivity contribution in [3.05, 3.63) is 47.0 Å². The molecule has 4 heterocycles. The molecule has 1 unspecified atom stereocenters. The summed E-state index contributed by atoms with van der Waals surface area (Å²) in [6, 6.07) is 8.11. The second-order valence-corrected chi connectivity index (χ2v) is 6.67. The smallest absolute Gasteiger partial charge is 0.267 e. The average molecular weight is 403 g/mol. The minimum absolute atomic E-state index is 0.00634. The van der Waals surface area contributed by atoms with Gasteiger partial charge in [0.15, 0.2) is 0 Å². The summed E-state index contributed by atoms with van der Waals surface area (Å²) in [4.78, 5) is 22.9. The van der Waals surface area contributed by atoms with E-state index in [0.29, 0.717) is 6.04 Å². The van der Waals surface area contributed by atoms with Crippen molar-refractivity contribution >= 4 is 11.8 Å². The van der Waals surface area contributed by atoms with Crippen LogP contribution in [0.3, 0.4) is 0 Å². The summed E-state index contributed by atoms with van der Waals surface area (Å²) in [5, 5.41) is 11.9. The van der Waals surface area contributed by atoms with Gasteiger partial charge in [-0.25, -0.2) is 0 Å². The Bertz CT molecular complexity index is 823. The lowest BCUT2D eigenvalue weighted by Gasteiger charge is -2.24. The van der Waals surface area contributed by atoms with Crippen LogP contribution in [0.1, 0.15) is 59.2 Å². The van der Waals surface area contributed by atoms with Crippen molar-refractivity contribution in [2.24, 2.45) is 0 Å². The minimum Gasteiger partial charge on any atom is -0.354 e. The molecule has 0 spiro atoms. The molecule has 0 aromatic carbocycles. The summed E-state index contributed by atoms with van der Waals surface area (Å²) in [6.45, 7) is 10.6. The zero-order valence-corrected chi connectivity index (χ0v) is 18.1. The van der Waals surface area contributed by atoms with Crippen LogP contribution in [0.5, 0.6) is 0 Å². The fraction of sp³-hybridized carbons (Fsp3) is 0.524. The maximum Gasteiger partial charge on any atom is 0.267 e. The van der Waals surface area contributed by atoms with Crippen LogP contribution in [0.25, 0.3) is 0 Å². The molecule has 0 saturated carbocycles. The molecular weight excluding hydrogens is 368 g/mol. The molecular formula is C21H34N6O2. The van der Waals surface area contributed by atoms with Crippen LogP contribution in [-0.2, 0) is 19.6 Å². The van der Waals surface area contributed by atoms with Crippen molar-refractivity contribution < 1.29 is 9.59 Å². The highest BCUT2D eigenvalue weighted by molar-refractivity contribution is 5.93. The first-order valence-corrected chi connectivity index (χ1v) is 10.3. The summed E-state index contributed by atoms with van der Waals surface area (Å²) in [6.07, 6.45) is 0. The molecule has 2 aromatic heterocycles. The maximum atomic E-state index is 11.5. The predicted octanol–water partition coefficient (Wildman–Crippen LogP) is 1.49. The SMILES string of the molecule is CC.CNC(=O)c1ccc2n1CCNC2.CNC(=O)c1ccc2n1CCNC2C. The third kappa shape index (κ3) is 5.07. The second kappa shape index (κ2) is 10.8. The summed E-state index contributed by atoms with van der Waals surface area (Å²) in [5.74, 6) is -0.0153. The molecule has 2 aromatic rings. The van der Waals surface area contributed by atoms with Crippen LogP contribution >= 0.6 is 0 Å². The Balaban J connectivity index is 0.000000191. The second-order valence-electron chi connectivity index (χ2n) is 6.67. The largest absolute Gasteiger partial charge is 0.354 e. The van der Waals surface area contributed by atoms with Gasteiger partial charge in [0.05, 0.1) is 0 Å². The minimum atomic E-state index is -0.00894. The van der Waals surface area contributed by atoms with Gasteiger partial charge in [-0.2, -0.15) is 0 Å². The Kier molecular flexibility index (Phi) is 8.48. The average Bonchev–Trinajstić information content (AvgIpc) is 3.40. The van der Waals surface area contributed by atoms with Crippen molar-refractivity contribution in [2.75, 3.05) is 27.2 Å². The van der Waals surface area contributed by atoms with Crippen LogP contribution in [0.15, 0.2) is 24.3 Å². The number of rotatable bonds is 2.